The molecule has 1 saturated heterocycles. The summed E-state index contributed by atoms with van der Waals surface area (Å²) in [6.45, 7) is 6.09. The summed E-state index contributed by atoms with van der Waals surface area (Å²) >= 11 is 5.96. The first-order valence-corrected chi connectivity index (χ1v) is 10.2. The van der Waals surface area contributed by atoms with E-state index in [0.29, 0.717) is 6.61 Å². The Balaban J connectivity index is 1.38. The van der Waals surface area contributed by atoms with E-state index in [1.807, 2.05) is 36.4 Å². The van der Waals surface area contributed by atoms with Crippen molar-refractivity contribution in [1.82, 2.24) is 9.80 Å². The second kappa shape index (κ2) is 11.1. The number of carboxylic acids is 1. The number of hydrogen-bond donors (Lipinski definition) is 1. The van der Waals surface area contributed by atoms with E-state index in [4.69, 9.17) is 21.4 Å². The SMILES string of the molecule is O=C(O)COC/C=C\CN1CCN(Cc2ccc(-c3ccc(Cl)cc3)cc2)CC1. The van der Waals surface area contributed by atoms with Gasteiger partial charge in [0, 0.05) is 44.3 Å². The topological polar surface area (TPSA) is 53.0 Å². The van der Waals surface area contributed by atoms with Gasteiger partial charge in [0.2, 0.25) is 0 Å². The number of ether oxygens (including phenoxy) is 1. The van der Waals surface area contributed by atoms with Crippen LogP contribution < -0.4 is 0 Å². The van der Waals surface area contributed by atoms with Gasteiger partial charge < -0.3 is 9.84 Å². The Morgan fingerprint density at radius 2 is 1.52 bits per heavy atom. The van der Waals surface area contributed by atoms with Gasteiger partial charge in [0.15, 0.2) is 0 Å². The monoisotopic (exact) mass is 414 g/mol. The van der Waals surface area contributed by atoms with Crippen LogP contribution in [0.2, 0.25) is 5.02 Å². The Labute approximate surface area is 177 Å². The largest absolute Gasteiger partial charge is 0.480 e. The van der Waals surface area contributed by atoms with E-state index >= 15 is 0 Å². The molecule has 154 valence electrons. The van der Waals surface area contributed by atoms with Gasteiger partial charge in [-0.15, -0.1) is 0 Å². The number of rotatable bonds is 9. The van der Waals surface area contributed by atoms with Crippen molar-refractivity contribution >= 4 is 17.6 Å². The molecule has 2 aromatic rings. The van der Waals surface area contributed by atoms with Crippen molar-refractivity contribution in [2.45, 2.75) is 6.54 Å². The van der Waals surface area contributed by atoms with Gasteiger partial charge in [-0.2, -0.15) is 0 Å². The lowest BCUT2D eigenvalue weighted by Crippen LogP contribution is -2.45. The third-order valence-electron chi connectivity index (χ3n) is 4.97. The molecule has 1 aliphatic heterocycles. The smallest absolute Gasteiger partial charge is 0.329 e. The van der Waals surface area contributed by atoms with Crippen LogP contribution in [0.4, 0.5) is 0 Å². The summed E-state index contributed by atoms with van der Waals surface area (Å²) in [5, 5.41) is 9.27. The summed E-state index contributed by atoms with van der Waals surface area (Å²) in [5.41, 5.74) is 3.71. The zero-order valence-electron chi connectivity index (χ0n) is 16.5. The maximum Gasteiger partial charge on any atom is 0.329 e. The number of benzene rings is 2. The molecule has 0 spiro atoms. The third-order valence-corrected chi connectivity index (χ3v) is 5.22. The van der Waals surface area contributed by atoms with Crippen molar-refractivity contribution in [2.75, 3.05) is 45.9 Å². The number of nitrogens with zero attached hydrogens (tertiary/aromatic N) is 2. The van der Waals surface area contributed by atoms with Crippen LogP contribution in [-0.2, 0) is 16.1 Å². The highest BCUT2D eigenvalue weighted by Gasteiger charge is 2.15. The lowest BCUT2D eigenvalue weighted by molar-refractivity contribution is -0.141. The average molecular weight is 415 g/mol. The van der Waals surface area contributed by atoms with Crippen molar-refractivity contribution in [2.24, 2.45) is 0 Å². The number of halogens is 1. The van der Waals surface area contributed by atoms with Crippen molar-refractivity contribution < 1.29 is 14.6 Å². The van der Waals surface area contributed by atoms with E-state index in [1.54, 1.807) is 0 Å². The Bertz CT molecular complexity index is 798. The van der Waals surface area contributed by atoms with E-state index in [0.717, 1.165) is 44.3 Å². The Hall–Kier alpha value is -2.18. The molecule has 6 heteroatoms. The molecular formula is C23H27ClN2O3. The lowest BCUT2D eigenvalue weighted by atomic mass is 10.0. The molecular weight excluding hydrogens is 388 g/mol. The van der Waals surface area contributed by atoms with Crippen LogP contribution in [0.15, 0.2) is 60.7 Å². The van der Waals surface area contributed by atoms with E-state index in [1.165, 1.54) is 16.7 Å². The highest BCUT2D eigenvalue weighted by atomic mass is 35.5. The van der Waals surface area contributed by atoms with E-state index < -0.39 is 5.97 Å². The Morgan fingerprint density at radius 3 is 2.14 bits per heavy atom. The zero-order valence-corrected chi connectivity index (χ0v) is 17.2. The van der Waals surface area contributed by atoms with E-state index in [2.05, 4.69) is 34.1 Å². The molecule has 1 aliphatic rings. The van der Waals surface area contributed by atoms with Gasteiger partial charge in [0.05, 0.1) is 6.61 Å². The Morgan fingerprint density at radius 1 is 0.931 bits per heavy atom. The van der Waals surface area contributed by atoms with Crippen LogP contribution in [0, 0.1) is 0 Å². The molecule has 1 fully saturated rings. The summed E-state index contributed by atoms with van der Waals surface area (Å²) in [7, 11) is 0. The van der Waals surface area contributed by atoms with Crippen LogP contribution in [-0.4, -0.2) is 66.8 Å². The summed E-state index contributed by atoms with van der Waals surface area (Å²) in [6, 6.07) is 16.7. The van der Waals surface area contributed by atoms with Gasteiger partial charge in [-0.1, -0.05) is 60.2 Å². The molecule has 0 unspecified atom stereocenters. The van der Waals surface area contributed by atoms with Crippen molar-refractivity contribution in [3.63, 3.8) is 0 Å². The second-order valence-corrected chi connectivity index (χ2v) is 7.60. The maximum atomic E-state index is 10.4. The molecule has 2 aromatic carbocycles. The number of piperazine rings is 1. The average Bonchev–Trinajstić information content (AvgIpc) is 2.73. The minimum atomic E-state index is -0.936. The quantitative estimate of drug-likeness (QED) is 0.500. The molecule has 0 saturated carbocycles. The standard InChI is InChI=1S/C23H27ClN2O3/c24-22-9-7-21(8-10-22)20-5-3-19(4-6-20)17-26-14-12-25(13-15-26)11-1-2-16-29-18-23(27)28/h1-10H,11-18H2,(H,27,28)/b2-1-. The second-order valence-electron chi connectivity index (χ2n) is 7.16. The molecule has 0 amide bonds. The maximum absolute atomic E-state index is 10.4. The lowest BCUT2D eigenvalue weighted by Gasteiger charge is -2.34. The van der Waals surface area contributed by atoms with Gasteiger partial charge in [0.1, 0.15) is 6.61 Å². The minimum Gasteiger partial charge on any atom is -0.480 e. The van der Waals surface area contributed by atoms with Gasteiger partial charge in [0.25, 0.3) is 0 Å². The fourth-order valence-corrected chi connectivity index (χ4v) is 3.47. The number of carboxylic acid groups (broad SMARTS) is 1. The van der Waals surface area contributed by atoms with Crippen molar-refractivity contribution in [1.29, 1.82) is 0 Å². The van der Waals surface area contributed by atoms with E-state index in [-0.39, 0.29) is 6.61 Å². The van der Waals surface area contributed by atoms with Gasteiger partial charge in [-0.3, -0.25) is 9.80 Å². The number of carbonyl (C=O) groups is 1. The molecule has 0 radical (unpaired) electrons. The predicted octanol–water partition coefficient (Wildman–Crippen LogP) is 3.78. The molecule has 1 N–H and O–H groups in total. The molecule has 0 atom stereocenters. The van der Waals surface area contributed by atoms with Crippen molar-refractivity contribution in [3.8, 4) is 11.1 Å². The molecule has 3 rings (SSSR count). The van der Waals surface area contributed by atoms with E-state index in [9.17, 15) is 4.79 Å². The first-order valence-electron chi connectivity index (χ1n) is 9.84. The highest BCUT2D eigenvalue weighted by molar-refractivity contribution is 6.30. The van der Waals surface area contributed by atoms with Gasteiger partial charge >= 0.3 is 5.97 Å². The van der Waals surface area contributed by atoms with Crippen molar-refractivity contribution in [3.05, 3.63) is 71.3 Å². The predicted molar refractivity (Wildman–Crippen MR) is 116 cm³/mol. The fourth-order valence-electron chi connectivity index (χ4n) is 3.34. The molecule has 0 aromatic heterocycles. The van der Waals surface area contributed by atoms with Crippen LogP contribution in [0.1, 0.15) is 5.56 Å². The zero-order chi connectivity index (χ0) is 20.5. The molecule has 1 heterocycles. The van der Waals surface area contributed by atoms with Crippen LogP contribution in [0.3, 0.4) is 0 Å². The highest BCUT2D eigenvalue weighted by Crippen LogP contribution is 2.22. The molecule has 0 bridgehead atoms. The third kappa shape index (κ3) is 7.29. The first kappa shape index (κ1) is 21.5. The minimum absolute atomic E-state index is 0.246. The summed E-state index contributed by atoms with van der Waals surface area (Å²) in [5.74, 6) is -0.936. The van der Waals surface area contributed by atoms with Gasteiger partial charge in [-0.25, -0.2) is 4.79 Å². The fraction of sp³-hybridized carbons (Fsp3) is 0.348. The molecule has 29 heavy (non-hydrogen) atoms. The number of aliphatic carboxylic acids is 1. The first-order chi connectivity index (χ1) is 14.1. The van der Waals surface area contributed by atoms with Crippen LogP contribution in [0.5, 0.6) is 0 Å². The normalized spacial score (nSPS) is 15.8. The van der Waals surface area contributed by atoms with Crippen LogP contribution >= 0.6 is 11.6 Å². The summed E-state index contributed by atoms with van der Waals surface area (Å²) < 4.78 is 4.99. The van der Waals surface area contributed by atoms with Gasteiger partial charge in [-0.05, 0) is 28.8 Å². The number of hydrogen-bond acceptors (Lipinski definition) is 4. The molecule has 5 nitrogen and oxygen atoms in total. The summed E-state index contributed by atoms with van der Waals surface area (Å²) in [6.07, 6.45) is 3.94. The Kier molecular flexibility index (Phi) is 8.25. The summed E-state index contributed by atoms with van der Waals surface area (Å²) in [4.78, 5) is 15.2. The van der Waals surface area contributed by atoms with Crippen LogP contribution in [0.25, 0.3) is 11.1 Å². The molecule has 0 aliphatic carbocycles.